The molecule has 0 aromatic heterocycles. The topological polar surface area (TPSA) is 38.8 Å². The molecule has 2 aromatic carbocycles. The van der Waals surface area contributed by atoms with Gasteiger partial charge in [-0.15, -0.1) is 0 Å². The van der Waals surface area contributed by atoms with Crippen molar-refractivity contribution in [3.8, 4) is 0 Å². The van der Waals surface area contributed by atoms with Crippen molar-refractivity contribution in [2.24, 2.45) is 0 Å². The fourth-order valence-corrected chi connectivity index (χ4v) is 3.62. The third-order valence-corrected chi connectivity index (χ3v) is 5.53. The Kier molecular flexibility index (Phi) is 7.47. The summed E-state index contributed by atoms with van der Waals surface area (Å²) in [7, 11) is 0. The van der Waals surface area contributed by atoms with E-state index in [0.29, 0.717) is 38.4 Å². The predicted octanol–water partition coefficient (Wildman–Crippen LogP) is 3.70. The minimum atomic E-state index is -0.213. The van der Waals surface area contributed by atoms with E-state index in [-0.39, 0.29) is 11.8 Å². The minimum Gasteiger partial charge on any atom is -0.366 e. The zero-order valence-corrected chi connectivity index (χ0v) is 17.4. The molecule has 0 aliphatic carbocycles. The van der Waals surface area contributed by atoms with Crippen LogP contribution in [-0.4, -0.2) is 55.1 Å². The standard InChI is InChI=1S/C23H31FN4O/c1-3-26(4-2)18-20-11-9-19(10-12-20)17-25-23(29)28-15-13-27(14-16-28)22-8-6-5-7-21(22)24/h5-12H,3-4,13-18H2,1-2H3,(H,25,29). The Labute approximate surface area is 173 Å². The summed E-state index contributed by atoms with van der Waals surface area (Å²) in [5, 5.41) is 3.00. The Morgan fingerprint density at radius 2 is 1.59 bits per heavy atom. The van der Waals surface area contributed by atoms with Crippen LogP contribution in [0.15, 0.2) is 48.5 Å². The first-order valence-corrected chi connectivity index (χ1v) is 10.4. The minimum absolute atomic E-state index is 0.0644. The summed E-state index contributed by atoms with van der Waals surface area (Å²) in [6.45, 7) is 10.3. The lowest BCUT2D eigenvalue weighted by atomic mass is 10.1. The van der Waals surface area contributed by atoms with Crippen molar-refractivity contribution in [2.75, 3.05) is 44.2 Å². The number of carbonyl (C=O) groups is 1. The fraction of sp³-hybridized carbons (Fsp3) is 0.435. The predicted molar refractivity (Wildman–Crippen MR) is 115 cm³/mol. The van der Waals surface area contributed by atoms with E-state index in [2.05, 4.69) is 48.3 Å². The summed E-state index contributed by atoms with van der Waals surface area (Å²) in [5.41, 5.74) is 2.98. The molecule has 1 aliphatic rings. The van der Waals surface area contributed by atoms with E-state index in [4.69, 9.17) is 0 Å². The number of anilines is 1. The molecule has 0 atom stereocenters. The molecule has 3 rings (SSSR count). The van der Waals surface area contributed by atoms with Crippen LogP contribution in [0.25, 0.3) is 0 Å². The van der Waals surface area contributed by atoms with Crippen LogP contribution in [0, 0.1) is 5.82 Å². The first kappa shape index (κ1) is 21.1. The Hall–Kier alpha value is -2.60. The van der Waals surface area contributed by atoms with Gasteiger partial charge in [0.05, 0.1) is 5.69 Å². The molecule has 1 aliphatic heterocycles. The van der Waals surface area contributed by atoms with Crippen LogP contribution in [0.4, 0.5) is 14.9 Å². The Morgan fingerprint density at radius 1 is 0.966 bits per heavy atom. The monoisotopic (exact) mass is 398 g/mol. The van der Waals surface area contributed by atoms with Gasteiger partial charge in [0.2, 0.25) is 0 Å². The molecule has 0 saturated carbocycles. The van der Waals surface area contributed by atoms with Gasteiger partial charge in [-0.1, -0.05) is 50.2 Å². The molecule has 1 N–H and O–H groups in total. The Bertz CT molecular complexity index is 784. The summed E-state index contributed by atoms with van der Waals surface area (Å²) in [6.07, 6.45) is 0. The SMILES string of the molecule is CCN(CC)Cc1ccc(CNC(=O)N2CCN(c3ccccc3F)CC2)cc1. The van der Waals surface area contributed by atoms with E-state index >= 15 is 0 Å². The van der Waals surface area contributed by atoms with Crippen LogP contribution in [0.2, 0.25) is 0 Å². The van der Waals surface area contributed by atoms with Gasteiger partial charge in [-0.05, 0) is 36.3 Å². The smallest absolute Gasteiger partial charge is 0.317 e. The van der Waals surface area contributed by atoms with Crippen LogP contribution >= 0.6 is 0 Å². The van der Waals surface area contributed by atoms with Crippen molar-refractivity contribution in [2.45, 2.75) is 26.9 Å². The maximum absolute atomic E-state index is 13.9. The molecule has 5 nitrogen and oxygen atoms in total. The van der Waals surface area contributed by atoms with Crippen molar-refractivity contribution in [3.63, 3.8) is 0 Å². The van der Waals surface area contributed by atoms with E-state index in [0.717, 1.165) is 25.2 Å². The van der Waals surface area contributed by atoms with Crippen LogP contribution in [0.1, 0.15) is 25.0 Å². The molecule has 0 bridgehead atoms. The molecule has 0 spiro atoms. The molecule has 1 fully saturated rings. The fourth-order valence-electron chi connectivity index (χ4n) is 3.62. The van der Waals surface area contributed by atoms with Crippen LogP contribution in [0.5, 0.6) is 0 Å². The zero-order chi connectivity index (χ0) is 20.6. The van der Waals surface area contributed by atoms with Crippen LogP contribution < -0.4 is 10.2 Å². The molecule has 29 heavy (non-hydrogen) atoms. The second-order valence-electron chi connectivity index (χ2n) is 7.36. The number of para-hydroxylation sites is 1. The lowest BCUT2D eigenvalue weighted by Crippen LogP contribution is -2.51. The van der Waals surface area contributed by atoms with Gasteiger partial charge in [0.1, 0.15) is 5.82 Å². The molecule has 2 amide bonds. The van der Waals surface area contributed by atoms with E-state index in [1.54, 1.807) is 17.0 Å². The highest BCUT2D eigenvalue weighted by molar-refractivity contribution is 5.74. The van der Waals surface area contributed by atoms with Crippen molar-refractivity contribution < 1.29 is 9.18 Å². The van der Waals surface area contributed by atoms with E-state index in [9.17, 15) is 9.18 Å². The third-order valence-electron chi connectivity index (χ3n) is 5.53. The molecular weight excluding hydrogens is 367 g/mol. The Balaban J connectivity index is 1.45. The lowest BCUT2D eigenvalue weighted by Gasteiger charge is -2.36. The first-order valence-electron chi connectivity index (χ1n) is 10.4. The first-order chi connectivity index (χ1) is 14.1. The largest absolute Gasteiger partial charge is 0.366 e. The molecule has 0 radical (unpaired) electrons. The van der Waals surface area contributed by atoms with Gasteiger partial charge in [0.25, 0.3) is 0 Å². The molecule has 6 heteroatoms. The van der Waals surface area contributed by atoms with E-state index in [1.807, 2.05) is 11.0 Å². The number of hydrogen-bond donors (Lipinski definition) is 1. The summed E-state index contributed by atoms with van der Waals surface area (Å²) < 4.78 is 13.9. The second-order valence-corrected chi connectivity index (χ2v) is 7.36. The number of halogens is 1. The second kappa shape index (κ2) is 10.3. The normalized spacial score (nSPS) is 14.3. The molecule has 1 saturated heterocycles. The number of carbonyl (C=O) groups excluding carboxylic acids is 1. The van der Waals surface area contributed by atoms with Crippen LogP contribution in [-0.2, 0) is 13.1 Å². The van der Waals surface area contributed by atoms with Gasteiger partial charge in [0.15, 0.2) is 0 Å². The summed E-state index contributed by atoms with van der Waals surface area (Å²) >= 11 is 0. The highest BCUT2D eigenvalue weighted by Crippen LogP contribution is 2.20. The number of rotatable bonds is 7. The summed E-state index contributed by atoms with van der Waals surface area (Å²) in [5.74, 6) is -0.213. The number of nitrogens with one attached hydrogen (secondary N) is 1. The molecule has 2 aromatic rings. The van der Waals surface area contributed by atoms with Crippen molar-refractivity contribution in [3.05, 3.63) is 65.5 Å². The molecule has 1 heterocycles. The van der Waals surface area contributed by atoms with Crippen molar-refractivity contribution in [1.29, 1.82) is 0 Å². The molecule has 0 unspecified atom stereocenters. The number of piperazine rings is 1. The third kappa shape index (κ3) is 5.70. The highest BCUT2D eigenvalue weighted by Gasteiger charge is 2.22. The van der Waals surface area contributed by atoms with Gasteiger partial charge in [-0.3, -0.25) is 4.90 Å². The molecular formula is C23H31FN4O. The average molecular weight is 399 g/mol. The van der Waals surface area contributed by atoms with Gasteiger partial charge >= 0.3 is 6.03 Å². The summed E-state index contributed by atoms with van der Waals surface area (Å²) in [4.78, 5) is 18.7. The zero-order valence-electron chi connectivity index (χ0n) is 17.4. The summed E-state index contributed by atoms with van der Waals surface area (Å²) in [6, 6.07) is 15.1. The van der Waals surface area contributed by atoms with E-state index < -0.39 is 0 Å². The van der Waals surface area contributed by atoms with Crippen molar-refractivity contribution in [1.82, 2.24) is 15.1 Å². The highest BCUT2D eigenvalue weighted by atomic mass is 19.1. The quantitative estimate of drug-likeness (QED) is 0.773. The maximum Gasteiger partial charge on any atom is 0.317 e. The van der Waals surface area contributed by atoms with Gasteiger partial charge in [0, 0.05) is 39.3 Å². The van der Waals surface area contributed by atoms with Gasteiger partial charge in [-0.2, -0.15) is 0 Å². The van der Waals surface area contributed by atoms with Gasteiger partial charge in [-0.25, -0.2) is 9.18 Å². The lowest BCUT2D eigenvalue weighted by molar-refractivity contribution is 0.194. The number of nitrogens with zero attached hydrogens (tertiary/aromatic N) is 3. The number of hydrogen-bond acceptors (Lipinski definition) is 3. The number of urea groups is 1. The average Bonchev–Trinajstić information content (AvgIpc) is 2.77. The van der Waals surface area contributed by atoms with E-state index in [1.165, 1.54) is 11.6 Å². The molecule has 156 valence electrons. The Morgan fingerprint density at radius 3 is 2.21 bits per heavy atom. The number of amides is 2. The maximum atomic E-state index is 13.9. The van der Waals surface area contributed by atoms with Crippen molar-refractivity contribution >= 4 is 11.7 Å². The number of benzene rings is 2. The van der Waals surface area contributed by atoms with Crippen LogP contribution in [0.3, 0.4) is 0 Å². The van der Waals surface area contributed by atoms with Gasteiger partial charge < -0.3 is 15.1 Å².